The van der Waals surface area contributed by atoms with Crippen molar-refractivity contribution in [2.75, 3.05) is 20.3 Å². The Morgan fingerprint density at radius 1 is 1.43 bits per heavy atom. The number of hydrogen-bond donors (Lipinski definition) is 1. The summed E-state index contributed by atoms with van der Waals surface area (Å²) >= 11 is 0. The molecule has 0 saturated carbocycles. The number of nitrogens with zero attached hydrogens (tertiary/aromatic N) is 2. The Morgan fingerprint density at radius 2 is 2.25 bits per heavy atom. The maximum absolute atomic E-state index is 13.9. The van der Waals surface area contributed by atoms with Gasteiger partial charge in [0.1, 0.15) is 11.9 Å². The SMILES string of the molecule is COCCCn1nccc1[C@H]1OCC[C@@H]1C(=O)N[C@H](C)Cc1ccccc1F. The van der Waals surface area contributed by atoms with Gasteiger partial charge in [-0.3, -0.25) is 9.48 Å². The molecule has 1 saturated heterocycles. The van der Waals surface area contributed by atoms with E-state index in [2.05, 4.69) is 10.4 Å². The Kier molecular flexibility index (Phi) is 7.17. The Bertz CT molecular complexity index is 780. The molecule has 3 atom stereocenters. The van der Waals surface area contributed by atoms with E-state index in [-0.39, 0.29) is 29.8 Å². The van der Waals surface area contributed by atoms with Crippen LogP contribution in [0.5, 0.6) is 0 Å². The summed E-state index contributed by atoms with van der Waals surface area (Å²) in [5.74, 6) is -0.581. The molecule has 0 radical (unpaired) electrons. The summed E-state index contributed by atoms with van der Waals surface area (Å²) < 4.78 is 26.7. The number of halogens is 1. The molecule has 1 N–H and O–H groups in total. The minimum Gasteiger partial charge on any atom is -0.385 e. The van der Waals surface area contributed by atoms with Gasteiger partial charge in [-0.2, -0.15) is 5.10 Å². The second-order valence-electron chi connectivity index (χ2n) is 7.22. The van der Waals surface area contributed by atoms with Crippen molar-refractivity contribution in [2.45, 2.75) is 44.9 Å². The molecule has 0 spiro atoms. The average molecular weight is 389 g/mol. The zero-order valence-electron chi connectivity index (χ0n) is 16.4. The number of benzene rings is 1. The standard InChI is InChI=1S/C21H28FN3O3/c1-15(14-16-6-3-4-7-18(16)22)24-21(26)17-9-13-28-20(17)19-8-10-23-25(19)11-5-12-27-2/h3-4,6-8,10,15,17,20H,5,9,11-14H2,1-2H3,(H,24,26)/t15-,17+,20+/m1/s1. The van der Waals surface area contributed by atoms with Crippen molar-refractivity contribution in [3.05, 3.63) is 53.6 Å². The number of aromatic nitrogens is 2. The highest BCUT2D eigenvalue weighted by Crippen LogP contribution is 2.34. The number of hydrogen-bond acceptors (Lipinski definition) is 4. The Balaban J connectivity index is 1.62. The van der Waals surface area contributed by atoms with Gasteiger partial charge in [0.25, 0.3) is 0 Å². The maximum Gasteiger partial charge on any atom is 0.226 e. The van der Waals surface area contributed by atoms with Gasteiger partial charge < -0.3 is 14.8 Å². The van der Waals surface area contributed by atoms with E-state index in [4.69, 9.17) is 9.47 Å². The van der Waals surface area contributed by atoms with Crippen LogP contribution in [0.2, 0.25) is 0 Å². The first kappa shape index (κ1) is 20.5. The Labute approximate surface area is 165 Å². The highest BCUT2D eigenvalue weighted by Gasteiger charge is 2.37. The molecule has 0 bridgehead atoms. The maximum atomic E-state index is 13.9. The number of amides is 1. The van der Waals surface area contributed by atoms with Crippen molar-refractivity contribution in [1.29, 1.82) is 0 Å². The summed E-state index contributed by atoms with van der Waals surface area (Å²) in [6.07, 6.45) is 3.37. The van der Waals surface area contributed by atoms with Crippen molar-refractivity contribution in [1.82, 2.24) is 15.1 Å². The van der Waals surface area contributed by atoms with E-state index in [0.717, 1.165) is 12.1 Å². The van der Waals surface area contributed by atoms with Crippen LogP contribution in [-0.4, -0.2) is 42.1 Å². The molecule has 1 amide bonds. The van der Waals surface area contributed by atoms with Gasteiger partial charge in [0, 0.05) is 39.1 Å². The number of methoxy groups -OCH3 is 1. The van der Waals surface area contributed by atoms with Gasteiger partial charge in [-0.1, -0.05) is 18.2 Å². The highest BCUT2D eigenvalue weighted by atomic mass is 19.1. The fourth-order valence-electron chi connectivity index (χ4n) is 3.67. The van der Waals surface area contributed by atoms with E-state index in [1.54, 1.807) is 31.5 Å². The molecule has 1 aromatic heterocycles. The lowest BCUT2D eigenvalue weighted by Gasteiger charge is -2.22. The van der Waals surface area contributed by atoms with Gasteiger partial charge in [-0.05, 0) is 43.9 Å². The molecule has 1 aromatic carbocycles. The molecule has 1 fully saturated rings. The minimum absolute atomic E-state index is 0.0593. The van der Waals surface area contributed by atoms with Crippen LogP contribution in [0.1, 0.15) is 37.1 Å². The van der Waals surface area contributed by atoms with Crippen molar-refractivity contribution in [3.63, 3.8) is 0 Å². The molecule has 3 rings (SSSR count). The van der Waals surface area contributed by atoms with Crippen molar-refractivity contribution >= 4 is 5.91 Å². The van der Waals surface area contributed by atoms with Gasteiger partial charge in [0.05, 0.1) is 11.6 Å². The summed E-state index contributed by atoms with van der Waals surface area (Å²) in [6, 6.07) is 8.40. The van der Waals surface area contributed by atoms with Crippen LogP contribution in [-0.2, 0) is 27.2 Å². The van der Waals surface area contributed by atoms with Crippen LogP contribution in [0.15, 0.2) is 36.5 Å². The average Bonchev–Trinajstić information content (AvgIpc) is 3.32. The lowest BCUT2D eigenvalue weighted by atomic mass is 9.97. The topological polar surface area (TPSA) is 65.4 Å². The van der Waals surface area contributed by atoms with E-state index in [0.29, 0.717) is 38.2 Å². The lowest BCUT2D eigenvalue weighted by molar-refractivity contribution is -0.127. The first-order valence-electron chi connectivity index (χ1n) is 9.76. The summed E-state index contributed by atoms with van der Waals surface area (Å²) in [5, 5.41) is 7.39. The fourth-order valence-corrected chi connectivity index (χ4v) is 3.67. The van der Waals surface area contributed by atoms with E-state index < -0.39 is 0 Å². The second kappa shape index (κ2) is 9.80. The molecular weight excluding hydrogens is 361 g/mol. The summed E-state index contributed by atoms with van der Waals surface area (Å²) in [4.78, 5) is 12.9. The number of ether oxygens (including phenoxy) is 2. The third-order valence-electron chi connectivity index (χ3n) is 5.06. The van der Waals surface area contributed by atoms with Gasteiger partial charge in [-0.25, -0.2) is 4.39 Å². The van der Waals surface area contributed by atoms with Gasteiger partial charge >= 0.3 is 0 Å². The van der Waals surface area contributed by atoms with Gasteiger partial charge in [-0.15, -0.1) is 0 Å². The number of nitrogens with one attached hydrogen (secondary N) is 1. The Hall–Kier alpha value is -2.25. The quantitative estimate of drug-likeness (QED) is 0.670. The predicted octanol–water partition coefficient (Wildman–Crippen LogP) is 2.88. The molecule has 7 heteroatoms. The van der Waals surface area contributed by atoms with E-state index in [1.165, 1.54) is 6.07 Å². The normalized spacial score (nSPS) is 20.2. The van der Waals surface area contributed by atoms with Crippen LogP contribution < -0.4 is 5.32 Å². The minimum atomic E-state index is -0.314. The fraction of sp³-hybridized carbons (Fsp3) is 0.524. The summed E-state index contributed by atoms with van der Waals surface area (Å²) in [7, 11) is 1.67. The smallest absolute Gasteiger partial charge is 0.226 e. The van der Waals surface area contributed by atoms with Crippen LogP contribution in [0.4, 0.5) is 4.39 Å². The van der Waals surface area contributed by atoms with Crippen molar-refractivity contribution in [2.24, 2.45) is 5.92 Å². The van der Waals surface area contributed by atoms with Crippen LogP contribution in [0.25, 0.3) is 0 Å². The molecule has 0 unspecified atom stereocenters. The Morgan fingerprint density at radius 3 is 3.04 bits per heavy atom. The zero-order valence-corrected chi connectivity index (χ0v) is 16.4. The number of carbonyl (C=O) groups excluding carboxylic acids is 1. The number of rotatable bonds is 9. The molecule has 2 heterocycles. The molecule has 152 valence electrons. The monoisotopic (exact) mass is 389 g/mol. The lowest BCUT2D eigenvalue weighted by Crippen LogP contribution is -2.39. The highest BCUT2D eigenvalue weighted by molar-refractivity contribution is 5.80. The third kappa shape index (κ3) is 4.97. The summed E-state index contributed by atoms with van der Waals surface area (Å²) in [6.45, 7) is 3.80. The van der Waals surface area contributed by atoms with E-state index >= 15 is 0 Å². The molecule has 6 nitrogen and oxygen atoms in total. The van der Waals surface area contributed by atoms with Gasteiger partial charge in [0.15, 0.2) is 0 Å². The molecule has 0 aliphatic carbocycles. The zero-order chi connectivity index (χ0) is 19.9. The predicted molar refractivity (Wildman–Crippen MR) is 103 cm³/mol. The first-order chi connectivity index (χ1) is 13.6. The molecule has 1 aliphatic heterocycles. The number of carbonyl (C=O) groups is 1. The second-order valence-corrected chi connectivity index (χ2v) is 7.22. The summed E-state index contributed by atoms with van der Waals surface area (Å²) in [5.41, 5.74) is 1.52. The van der Waals surface area contributed by atoms with Crippen LogP contribution in [0, 0.1) is 11.7 Å². The van der Waals surface area contributed by atoms with Crippen LogP contribution in [0.3, 0.4) is 0 Å². The van der Waals surface area contributed by atoms with E-state index in [9.17, 15) is 9.18 Å². The molecular formula is C21H28FN3O3. The van der Waals surface area contributed by atoms with Crippen LogP contribution >= 0.6 is 0 Å². The van der Waals surface area contributed by atoms with Gasteiger partial charge in [0.2, 0.25) is 5.91 Å². The first-order valence-corrected chi connectivity index (χ1v) is 9.76. The largest absolute Gasteiger partial charge is 0.385 e. The number of aryl methyl sites for hydroxylation is 1. The molecule has 28 heavy (non-hydrogen) atoms. The van der Waals surface area contributed by atoms with Crippen molar-refractivity contribution < 1.29 is 18.7 Å². The molecule has 2 aromatic rings. The van der Waals surface area contributed by atoms with E-state index in [1.807, 2.05) is 17.7 Å². The molecule has 1 aliphatic rings. The van der Waals surface area contributed by atoms with Crippen molar-refractivity contribution in [3.8, 4) is 0 Å². The third-order valence-corrected chi connectivity index (χ3v) is 5.06.